The molecule has 0 unspecified atom stereocenters. The van der Waals surface area contributed by atoms with Gasteiger partial charge in [-0.05, 0) is 60.4 Å². The van der Waals surface area contributed by atoms with Crippen LogP contribution < -0.4 is 25.0 Å². The fraction of sp³-hybridized carbons (Fsp3) is 0.417. The third kappa shape index (κ3) is 4.84. The molecule has 2 aromatic rings. The van der Waals surface area contributed by atoms with Crippen LogP contribution in [-0.4, -0.2) is 39.4 Å². The lowest BCUT2D eigenvalue weighted by molar-refractivity contribution is -0.121. The van der Waals surface area contributed by atoms with E-state index in [0.717, 1.165) is 22.3 Å². The number of benzene rings is 1. The maximum Gasteiger partial charge on any atom is 0.220 e. The molecule has 172 valence electrons. The van der Waals surface area contributed by atoms with E-state index < -0.39 is 0 Å². The number of aryl methyl sites for hydroxylation is 1. The third-order valence-electron chi connectivity index (χ3n) is 5.59. The van der Waals surface area contributed by atoms with E-state index in [9.17, 15) is 9.59 Å². The van der Waals surface area contributed by atoms with Gasteiger partial charge in [-0.15, -0.1) is 23.4 Å². The Kier molecular flexibility index (Phi) is 8.32. The van der Waals surface area contributed by atoms with E-state index in [0.29, 0.717) is 53.7 Å². The Labute approximate surface area is 197 Å². The molecule has 0 fully saturated rings. The largest absolute Gasteiger partial charge is 0.493 e. The van der Waals surface area contributed by atoms with Gasteiger partial charge in [0.05, 0.1) is 32.3 Å². The van der Waals surface area contributed by atoms with Crippen molar-refractivity contribution in [1.82, 2.24) is 5.32 Å². The monoisotopic (exact) mass is 477 g/mol. The van der Waals surface area contributed by atoms with E-state index in [-0.39, 0.29) is 17.4 Å². The van der Waals surface area contributed by atoms with Gasteiger partial charge in [-0.25, -0.2) is 0 Å². The summed E-state index contributed by atoms with van der Waals surface area (Å²) in [7, 11) is 4.74. The first-order valence-electron chi connectivity index (χ1n) is 10.4. The van der Waals surface area contributed by atoms with Crippen LogP contribution in [0.4, 0.5) is 0 Å². The summed E-state index contributed by atoms with van der Waals surface area (Å²) in [5.41, 5.74) is 3.36. The molecule has 3 rings (SSSR count). The van der Waals surface area contributed by atoms with Crippen molar-refractivity contribution < 1.29 is 19.0 Å². The van der Waals surface area contributed by atoms with Crippen LogP contribution in [0.25, 0.3) is 11.1 Å². The first kappa shape index (κ1) is 24.3. The fourth-order valence-electron chi connectivity index (χ4n) is 4.11. The molecule has 32 heavy (non-hydrogen) atoms. The number of hydrogen-bond donors (Lipinski definition) is 1. The van der Waals surface area contributed by atoms with Gasteiger partial charge < -0.3 is 19.5 Å². The van der Waals surface area contributed by atoms with Gasteiger partial charge >= 0.3 is 0 Å². The number of halogens is 1. The summed E-state index contributed by atoms with van der Waals surface area (Å²) < 4.78 is 16.9. The summed E-state index contributed by atoms with van der Waals surface area (Å²) in [5, 5.41) is 3.11. The number of carbonyl (C=O) groups is 1. The first-order valence-corrected chi connectivity index (χ1v) is 12.1. The number of thioether (sulfide) groups is 1. The minimum Gasteiger partial charge on any atom is -0.493 e. The molecule has 1 aliphatic rings. The van der Waals surface area contributed by atoms with E-state index in [4.69, 9.17) is 25.8 Å². The molecule has 1 amide bonds. The van der Waals surface area contributed by atoms with Crippen molar-refractivity contribution in [2.45, 2.75) is 36.6 Å². The van der Waals surface area contributed by atoms with Crippen molar-refractivity contribution in [3.8, 4) is 28.4 Å². The molecular formula is C24H28ClNO5S. The highest BCUT2D eigenvalue weighted by molar-refractivity contribution is 7.98. The predicted octanol–water partition coefficient (Wildman–Crippen LogP) is 4.58. The van der Waals surface area contributed by atoms with Crippen molar-refractivity contribution >= 4 is 29.3 Å². The Hall–Kier alpha value is -2.38. The molecule has 0 radical (unpaired) electrons. The van der Waals surface area contributed by atoms with Gasteiger partial charge in [-0.3, -0.25) is 9.59 Å². The van der Waals surface area contributed by atoms with E-state index in [2.05, 4.69) is 5.32 Å². The van der Waals surface area contributed by atoms with Crippen molar-refractivity contribution in [1.29, 1.82) is 0 Å². The average molecular weight is 478 g/mol. The summed E-state index contributed by atoms with van der Waals surface area (Å²) in [5.74, 6) is 1.95. The topological polar surface area (TPSA) is 73.9 Å². The number of methoxy groups -OCH3 is 3. The zero-order valence-electron chi connectivity index (χ0n) is 18.7. The van der Waals surface area contributed by atoms with Crippen molar-refractivity contribution in [3.63, 3.8) is 0 Å². The highest BCUT2D eigenvalue weighted by Crippen LogP contribution is 2.50. The lowest BCUT2D eigenvalue weighted by Crippen LogP contribution is -2.29. The molecular weight excluding hydrogens is 450 g/mol. The van der Waals surface area contributed by atoms with E-state index in [1.807, 2.05) is 24.5 Å². The molecule has 0 spiro atoms. The molecule has 8 heteroatoms. The summed E-state index contributed by atoms with van der Waals surface area (Å²) >= 11 is 7.15. The number of carbonyl (C=O) groups excluding carboxylic acids is 1. The molecule has 1 N–H and O–H groups in total. The molecule has 6 nitrogen and oxygen atoms in total. The second kappa shape index (κ2) is 11.0. The number of fused-ring (bicyclic) bond motifs is 3. The molecule has 1 atom stereocenters. The van der Waals surface area contributed by atoms with Crippen LogP contribution in [0.2, 0.25) is 0 Å². The maximum absolute atomic E-state index is 12.9. The number of rotatable bonds is 8. The smallest absolute Gasteiger partial charge is 0.220 e. The zero-order valence-corrected chi connectivity index (χ0v) is 20.3. The molecule has 0 heterocycles. The van der Waals surface area contributed by atoms with Gasteiger partial charge in [0.1, 0.15) is 0 Å². The molecule has 0 aromatic heterocycles. The van der Waals surface area contributed by atoms with Gasteiger partial charge in [0.2, 0.25) is 11.7 Å². The second-order valence-electron chi connectivity index (χ2n) is 7.41. The number of amides is 1. The third-order valence-corrected chi connectivity index (χ3v) is 6.64. The van der Waals surface area contributed by atoms with E-state index >= 15 is 0 Å². The number of ether oxygens (including phenoxy) is 3. The lowest BCUT2D eigenvalue weighted by atomic mass is 9.95. The Balaban J connectivity index is 2.28. The molecule has 0 aliphatic heterocycles. The van der Waals surface area contributed by atoms with Gasteiger partial charge in [0.25, 0.3) is 0 Å². The standard InChI is InChI=1S/C24H28ClNO5S/c1-29-19-12-14-7-9-17(26-21(28)6-5-11-25)16-13-18(27)20(32-4)10-8-15(16)22(14)24(31-3)23(19)30-2/h8,10,12-13,17H,5-7,9,11H2,1-4H3,(H,26,28)/t17-/m0/s1. The van der Waals surface area contributed by atoms with Crippen molar-refractivity contribution in [2.24, 2.45) is 0 Å². The minimum absolute atomic E-state index is 0.0818. The second-order valence-corrected chi connectivity index (χ2v) is 8.64. The highest BCUT2D eigenvalue weighted by atomic mass is 35.5. The van der Waals surface area contributed by atoms with Crippen LogP contribution in [0, 0.1) is 0 Å². The van der Waals surface area contributed by atoms with Crippen molar-refractivity contribution in [2.75, 3.05) is 33.5 Å². The van der Waals surface area contributed by atoms with Crippen LogP contribution in [-0.2, 0) is 11.2 Å². The number of nitrogens with one attached hydrogen (secondary N) is 1. The quantitative estimate of drug-likeness (QED) is 0.443. The lowest BCUT2D eigenvalue weighted by Gasteiger charge is -2.20. The van der Waals surface area contributed by atoms with Crippen LogP contribution in [0.15, 0.2) is 34.0 Å². The summed E-state index contributed by atoms with van der Waals surface area (Å²) in [6.07, 6.45) is 4.10. The van der Waals surface area contributed by atoms with Gasteiger partial charge in [-0.2, -0.15) is 0 Å². The molecule has 2 aromatic carbocycles. The van der Waals surface area contributed by atoms with Gasteiger partial charge in [0, 0.05) is 17.9 Å². The van der Waals surface area contributed by atoms with Crippen LogP contribution in [0.5, 0.6) is 17.2 Å². The Morgan fingerprint density at radius 1 is 1.16 bits per heavy atom. The fourth-order valence-corrected chi connectivity index (χ4v) is 4.71. The summed E-state index contributed by atoms with van der Waals surface area (Å²) in [6, 6.07) is 7.01. The summed E-state index contributed by atoms with van der Waals surface area (Å²) in [6.45, 7) is 0. The SMILES string of the molecule is COc1cc2c(c(OC)c1OC)-c1ccc(SC)c(=O)cc1[C@@H](NC(=O)CCCCl)CC2. The minimum atomic E-state index is -0.322. The Bertz CT molecular complexity index is 1060. The maximum atomic E-state index is 12.9. The van der Waals surface area contributed by atoms with E-state index in [1.165, 1.54) is 11.8 Å². The molecule has 0 saturated carbocycles. The van der Waals surface area contributed by atoms with Crippen LogP contribution in [0.1, 0.15) is 36.4 Å². The Morgan fingerprint density at radius 3 is 2.53 bits per heavy atom. The van der Waals surface area contributed by atoms with Crippen molar-refractivity contribution in [3.05, 3.63) is 45.6 Å². The highest BCUT2D eigenvalue weighted by Gasteiger charge is 2.29. The normalized spacial score (nSPS) is 14.6. The molecule has 1 aliphatic carbocycles. The first-order chi connectivity index (χ1) is 15.5. The van der Waals surface area contributed by atoms with Crippen LogP contribution >= 0.6 is 23.4 Å². The Morgan fingerprint density at radius 2 is 1.91 bits per heavy atom. The zero-order chi connectivity index (χ0) is 23.3. The number of alkyl halides is 1. The van der Waals surface area contributed by atoms with Gasteiger partial charge in [0.15, 0.2) is 16.9 Å². The predicted molar refractivity (Wildman–Crippen MR) is 129 cm³/mol. The van der Waals surface area contributed by atoms with Gasteiger partial charge in [-0.1, -0.05) is 6.07 Å². The summed E-state index contributed by atoms with van der Waals surface area (Å²) in [4.78, 5) is 26.1. The molecule has 0 saturated heterocycles. The number of hydrogen-bond acceptors (Lipinski definition) is 6. The van der Waals surface area contributed by atoms with Crippen LogP contribution in [0.3, 0.4) is 0 Å². The van der Waals surface area contributed by atoms with E-state index in [1.54, 1.807) is 27.4 Å². The average Bonchev–Trinajstić information content (AvgIpc) is 3.04. The molecule has 0 bridgehead atoms.